The zero-order chi connectivity index (χ0) is 28.3. The molecule has 1 aliphatic rings. The first-order valence-corrected chi connectivity index (χ1v) is 12.8. The molecule has 0 spiro atoms. The molecule has 1 unspecified atom stereocenters. The van der Waals surface area contributed by atoms with Gasteiger partial charge in [-0.1, -0.05) is 24.1 Å². The first kappa shape index (κ1) is 29.2. The first-order chi connectivity index (χ1) is 17.8. The number of aliphatic hydroxyl groups is 1. The number of nitrogens with two attached hydrogens (primary N) is 2. The molecule has 3 rings (SSSR count). The van der Waals surface area contributed by atoms with Gasteiger partial charge in [-0.3, -0.25) is 13.6 Å². The number of phosphoric ester groups is 1. The predicted molar refractivity (Wildman–Crippen MR) is 131 cm³/mol. The maximum absolute atomic E-state index is 14.0. The van der Waals surface area contributed by atoms with Crippen molar-refractivity contribution in [3.05, 3.63) is 52.8 Å². The molecule has 1 aromatic heterocycles. The molecule has 0 saturated carbocycles. The molecule has 5 N–H and O–H groups in total. The molecule has 1 saturated heterocycles. The summed E-state index contributed by atoms with van der Waals surface area (Å²) in [5.41, 5.74) is 8.35. The molecule has 15 heteroatoms. The number of halogens is 1. The monoisotopic (exact) mass is 554 g/mol. The summed E-state index contributed by atoms with van der Waals surface area (Å²) in [5, 5.41) is 10.8. The maximum Gasteiger partial charge on any atom is 0.530 e. The van der Waals surface area contributed by atoms with Crippen molar-refractivity contribution in [2.75, 3.05) is 12.3 Å². The van der Waals surface area contributed by atoms with Crippen LogP contribution in [0.2, 0.25) is 0 Å². The third kappa shape index (κ3) is 6.39. The van der Waals surface area contributed by atoms with Gasteiger partial charge < -0.3 is 30.6 Å². The number of aliphatic hydroxyl groups excluding tert-OH is 1. The number of hydrogen-bond donors (Lipinski definition) is 3. The smallest absolute Gasteiger partial charge is 0.461 e. The zero-order valence-corrected chi connectivity index (χ0v) is 21.6. The Labute approximate surface area is 217 Å². The van der Waals surface area contributed by atoms with E-state index in [2.05, 4.69) is 10.9 Å². The minimum atomic E-state index is -4.58. The fourth-order valence-corrected chi connectivity index (χ4v) is 4.77. The topological polar surface area (TPSA) is 187 Å². The van der Waals surface area contributed by atoms with E-state index in [1.54, 1.807) is 32.0 Å². The van der Waals surface area contributed by atoms with Crippen LogP contribution in [0.15, 0.2) is 41.3 Å². The van der Waals surface area contributed by atoms with Gasteiger partial charge in [0.1, 0.15) is 18.0 Å². The molecule has 206 valence electrons. The fourth-order valence-electron chi connectivity index (χ4n) is 3.43. The van der Waals surface area contributed by atoms with Gasteiger partial charge in [-0.15, -0.1) is 6.42 Å². The molecule has 2 heterocycles. The first-order valence-electron chi connectivity index (χ1n) is 11.3. The minimum Gasteiger partial charge on any atom is -0.461 e. The number of nitrogen functional groups attached to an aromatic ring is 1. The lowest BCUT2D eigenvalue weighted by molar-refractivity contribution is -0.156. The van der Waals surface area contributed by atoms with Crippen LogP contribution >= 0.6 is 7.82 Å². The largest absolute Gasteiger partial charge is 0.530 e. The molecule has 0 radical (unpaired) electrons. The van der Waals surface area contributed by atoms with E-state index in [4.69, 9.17) is 40.9 Å². The Bertz CT molecular complexity index is 1300. The van der Waals surface area contributed by atoms with E-state index >= 15 is 0 Å². The SMILES string of the molecule is C#C[C@@]1(N)[C@@H](O)C(CO[P@](=O)(Oc2ccccc2)O[C@@H](C)C(=O)OC(C)C)O[C@H]1n1cc(F)c(N)nc1=O. The lowest BCUT2D eigenvalue weighted by Crippen LogP contribution is -2.55. The lowest BCUT2D eigenvalue weighted by Gasteiger charge is -2.27. The van der Waals surface area contributed by atoms with Crippen LogP contribution in [0, 0.1) is 18.2 Å². The van der Waals surface area contributed by atoms with Crippen molar-refractivity contribution in [2.45, 2.75) is 57.0 Å². The van der Waals surface area contributed by atoms with Gasteiger partial charge in [-0.2, -0.15) is 4.98 Å². The van der Waals surface area contributed by atoms with Crippen molar-refractivity contribution < 1.29 is 41.9 Å². The molecule has 0 bridgehead atoms. The second-order valence-corrected chi connectivity index (χ2v) is 10.1. The average molecular weight is 554 g/mol. The Morgan fingerprint density at radius 2 is 2.03 bits per heavy atom. The highest BCUT2D eigenvalue weighted by Crippen LogP contribution is 2.51. The quantitative estimate of drug-likeness (QED) is 0.216. The summed E-state index contributed by atoms with van der Waals surface area (Å²) in [7, 11) is -4.58. The number of esters is 1. The molecule has 13 nitrogen and oxygen atoms in total. The summed E-state index contributed by atoms with van der Waals surface area (Å²) in [6.07, 6.45) is -0.381. The van der Waals surface area contributed by atoms with Gasteiger partial charge in [0.2, 0.25) is 0 Å². The molecule has 6 atom stereocenters. The summed E-state index contributed by atoms with van der Waals surface area (Å²) < 4.78 is 55.1. The Hall–Kier alpha value is -3.31. The number of carbonyl (C=O) groups excluding carboxylic acids is 1. The number of phosphoric acid groups is 1. The number of rotatable bonds is 10. The van der Waals surface area contributed by atoms with Crippen LogP contribution in [0.3, 0.4) is 0 Å². The molecule has 0 aliphatic carbocycles. The highest BCUT2D eigenvalue weighted by Gasteiger charge is 2.55. The number of benzene rings is 1. The van der Waals surface area contributed by atoms with Crippen LogP contribution < -0.4 is 21.7 Å². The number of ether oxygens (including phenoxy) is 2. The Morgan fingerprint density at radius 3 is 2.63 bits per heavy atom. The number of nitrogens with zero attached hydrogens (tertiary/aromatic N) is 2. The van der Waals surface area contributed by atoms with Crippen molar-refractivity contribution in [1.29, 1.82) is 0 Å². The number of para-hydroxylation sites is 1. The van der Waals surface area contributed by atoms with Crippen LogP contribution in [0.25, 0.3) is 0 Å². The van der Waals surface area contributed by atoms with E-state index in [0.717, 1.165) is 0 Å². The fraction of sp³-hybridized carbons (Fsp3) is 0.435. The van der Waals surface area contributed by atoms with E-state index in [1.165, 1.54) is 19.1 Å². The van der Waals surface area contributed by atoms with Crippen molar-refractivity contribution in [3.63, 3.8) is 0 Å². The van der Waals surface area contributed by atoms with Crippen LogP contribution in [-0.4, -0.2) is 57.2 Å². The van der Waals surface area contributed by atoms with Gasteiger partial charge in [0.15, 0.2) is 29.5 Å². The number of carbonyl (C=O) groups is 1. The van der Waals surface area contributed by atoms with Gasteiger partial charge in [-0.05, 0) is 32.9 Å². The normalized spacial score (nSPS) is 25.4. The van der Waals surface area contributed by atoms with E-state index in [9.17, 15) is 23.7 Å². The predicted octanol–water partition coefficient (Wildman–Crippen LogP) is 1.11. The van der Waals surface area contributed by atoms with Gasteiger partial charge >= 0.3 is 19.5 Å². The van der Waals surface area contributed by atoms with Crippen LogP contribution in [0.4, 0.5) is 10.2 Å². The number of hydrogen-bond acceptors (Lipinski definition) is 12. The maximum atomic E-state index is 14.0. The molecule has 1 aromatic carbocycles. The Morgan fingerprint density at radius 1 is 1.37 bits per heavy atom. The van der Waals surface area contributed by atoms with Crippen LogP contribution in [0.5, 0.6) is 5.75 Å². The minimum absolute atomic E-state index is 0.0813. The van der Waals surface area contributed by atoms with Crippen LogP contribution in [-0.2, 0) is 27.9 Å². The summed E-state index contributed by atoms with van der Waals surface area (Å²) in [5.74, 6) is -0.319. The third-order valence-electron chi connectivity index (χ3n) is 5.32. The standard InChI is InChI=1S/C23H28FN4O9P/c1-5-23(26)18(29)17(35-21(23)28-11-16(24)19(25)27-22(28)31)12-33-38(32,37-15-9-7-6-8-10-15)36-14(4)20(30)34-13(2)3/h1,6-11,13-14,17-18,21,29H,12,26H2,2-4H3,(H2,25,27,31)/t14-,17?,18-,21+,23+,38-/m0/s1. The second-order valence-electron chi connectivity index (χ2n) is 8.59. The molecule has 0 amide bonds. The highest BCUT2D eigenvalue weighted by molar-refractivity contribution is 7.49. The molecule has 1 fully saturated rings. The Balaban J connectivity index is 1.85. The van der Waals surface area contributed by atoms with Gasteiger partial charge in [0.25, 0.3) is 0 Å². The summed E-state index contributed by atoms with van der Waals surface area (Å²) in [6.45, 7) is 3.82. The zero-order valence-electron chi connectivity index (χ0n) is 20.7. The molecular formula is C23H28FN4O9P. The van der Waals surface area contributed by atoms with Gasteiger partial charge in [0, 0.05) is 0 Å². The average Bonchev–Trinajstić information content (AvgIpc) is 3.10. The van der Waals surface area contributed by atoms with E-state index in [0.29, 0.717) is 10.8 Å². The van der Waals surface area contributed by atoms with Crippen molar-refractivity contribution in [3.8, 4) is 18.1 Å². The lowest BCUT2D eigenvalue weighted by atomic mass is 9.92. The second kappa shape index (κ2) is 11.6. The summed E-state index contributed by atoms with van der Waals surface area (Å²) >= 11 is 0. The van der Waals surface area contributed by atoms with Crippen LogP contribution in [0.1, 0.15) is 27.0 Å². The van der Waals surface area contributed by atoms with E-state index in [1.807, 2.05) is 0 Å². The van der Waals surface area contributed by atoms with E-state index < -0.39 is 73.9 Å². The van der Waals surface area contributed by atoms with Gasteiger partial charge in [0.05, 0.1) is 18.9 Å². The number of aromatic nitrogens is 2. The molecule has 2 aromatic rings. The van der Waals surface area contributed by atoms with Gasteiger partial charge in [-0.25, -0.2) is 18.5 Å². The van der Waals surface area contributed by atoms with Crippen molar-refractivity contribution >= 4 is 19.6 Å². The molecular weight excluding hydrogens is 526 g/mol. The summed E-state index contributed by atoms with van der Waals surface area (Å²) in [6, 6.07) is 7.80. The third-order valence-corrected chi connectivity index (χ3v) is 6.79. The number of terminal acetylenes is 1. The van der Waals surface area contributed by atoms with Crippen molar-refractivity contribution in [1.82, 2.24) is 9.55 Å². The Kier molecular flexibility index (Phi) is 8.94. The molecule has 1 aliphatic heterocycles. The summed E-state index contributed by atoms with van der Waals surface area (Å²) in [4.78, 5) is 27.9. The molecule has 38 heavy (non-hydrogen) atoms. The number of anilines is 1. The van der Waals surface area contributed by atoms with E-state index in [-0.39, 0.29) is 5.75 Å². The highest BCUT2D eigenvalue weighted by atomic mass is 31.2. The van der Waals surface area contributed by atoms with Crippen molar-refractivity contribution in [2.24, 2.45) is 5.73 Å².